The first-order valence-corrected chi connectivity index (χ1v) is 4.59. The third-order valence-electron chi connectivity index (χ3n) is 2.00. The molecule has 0 bridgehead atoms. The van der Waals surface area contributed by atoms with Gasteiger partial charge in [-0.05, 0) is 26.2 Å². The van der Waals surface area contributed by atoms with E-state index in [0.717, 1.165) is 12.8 Å². The Bertz CT molecular complexity index is 141. The molecule has 0 aromatic rings. The maximum Gasteiger partial charge on any atom is 0.407 e. The molecular weight excluding hydrogens is 154 g/mol. The minimum Gasteiger partial charge on any atom is -0.450 e. The van der Waals surface area contributed by atoms with Gasteiger partial charge in [0.05, 0.1) is 6.61 Å². The van der Waals surface area contributed by atoms with Crippen molar-refractivity contribution in [1.82, 2.24) is 5.32 Å². The molecule has 0 aromatic heterocycles. The molecule has 1 amide bonds. The van der Waals surface area contributed by atoms with Crippen molar-refractivity contribution < 1.29 is 9.53 Å². The van der Waals surface area contributed by atoms with E-state index in [1.54, 1.807) is 0 Å². The zero-order chi connectivity index (χ0) is 8.81. The summed E-state index contributed by atoms with van der Waals surface area (Å²) in [6.07, 6.45) is 6.48. The van der Waals surface area contributed by atoms with Crippen molar-refractivity contribution in [1.29, 1.82) is 0 Å². The van der Waals surface area contributed by atoms with Crippen LogP contribution < -0.4 is 5.32 Å². The first-order valence-electron chi connectivity index (χ1n) is 4.59. The Morgan fingerprint density at radius 2 is 2.50 bits per heavy atom. The molecule has 12 heavy (non-hydrogen) atoms. The summed E-state index contributed by atoms with van der Waals surface area (Å²) in [6.45, 7) is 2.25. The lowest BCUT2D eigenvalue weighted by atomic mass is 9.96. The molecule has 1 aliphatic carbocycles. The van der Waals surface area contributed by atoms with Crippen LogP contribution in [0.1, 0.15) is 32.6 Å². The predicted octanol–water partition coefficient (Wildman–Crippen LogP) is 1.88. The second-order valence-electron chi connectivity index (χ2n) is 2.99. The smallest absolute Gasteiger partial charge is 0.407 e. The van der Waals surface area contributed by atoms with E-state index in [1.807, 2.05) is 6.92 Å². The van der Waals surface area contributed by atoms with Crippen LogP contribution >= 0.6 is 0 Å². The molecule has 69 valence electrons. The Balaban J connectivity index is 2.15. The minimum absolute atomic E-state index is 0.234. The number of ether oxygens (including phenoxy) is 1. The van der Waals surface area contributed by atoms with E-state index < -0.39 is 0 Å². The number of hydrogen-bond acceptors (Lipinski definition) is 2. The molecule has 0 spiro atoms. The molecule has 1 rings (SSSR count). The van der Waals surface area contributed by atoms with Crippen molar-refractivity contribution in [2.24, 2.45) is 0 Å². The summed E-state index contributed by atoms with van der Waals surface area (Å²) < 4.78 is 4.77. The van der Waals surface area contributed by atoms with Gasteiger partial charge in [0.1, 0.15) is 0 Å². The van der Waals surface area contributed by atoms with E-state index in [4.69, 9.17) is 4.74 Å². The standard InChI is InChI=1S/C9H16NO2/c1-2-12-9(11)10-8-6-4-3-5-7-8/h6,8H,2-5,7H2,1H3,(H,10,11). The zero-order valence-electron chi connectivity index (χ0n) is 7.51. The Morgan fingerprint density at radius 3 is 3.08 bits per heavy atom. The third-order valence-corrected chi connectivity index (χ3v) is 2.00. The van der Waals surface area contributed by atoms with Crippen LogP contribution in [-0.2, 0) is 4.74 Å². The molecule has 1 atom stereocenters. The van der Waals surface area contributed by atoms with Gasteiger partial charge in [-0.1, -0.05) is 12.8 Å². The van der Waals surface area contributed by atoms with Crippen molar-refractivity contribution in [2.75, 3.05) is 6.61 Å². The van der Waals surface area contributed by atoms with E-state index in [-0.39, 0.29) is 12.1 Å². The van der Waals surface area contributed by atoms with Gasteiger partial charge in [0.25, 0.3) is 0 Å². The molecule has 1 unspecified atom stereocenters. The Hall–Kier alpha value is -0.730. The van der Waals surface area contributed by atoms with Gasteiger partial charge in [-0.15, -0.1) is 0 Å². The summed E-state index contributed by atoms with van der Waals surface area (Å²) in [5, 5.41) is 2.80. The highest BCUT2D eigenvalue weighted by molar-refractivity contribution is 5.67. The van der Waals surface area contributed by atoms with Crippen LogP contribution in [-0.4, -0.2) is 18.7 Å². The van der Waals surface area contributed by atoms with Gasteiger partial charge in [0.15, 0.2) is 0 Å². The van der Waals surface area contributed by atoms with Crippen molar-refractivity contribution in [3.05, 3.63) is 6.42 Å². The monoisotopic (exact) mass is 170 g/mol. The van der Waals surface area contributed by atoms with Gasteiger partial charge in [-0.2, -0.15) is 0 Å². The number of nitrogens with one attached hydrogen (secondary N) is 1. The van der Waals surface area contributed by atoms with Gasteiger partial charge < -0.3 is 10.1 Å². The molecule has 0 aromatic carbocycles. The lowest BCUT2D eigenvalue weighted by Crippen LogP contribution is -2.36. The molecule has 1 fully saturated rings. The van der Waals surface area contributed by atoms with Crippen LogP contribution in [0.4, 0.5) is 4.79 Å². The van der Waals surface area contributed by atoms with Crippen molar-refractivity contribution in [3.8, 4) is 0 Å². The van der Waals surface area contributed by atoms with Crippen LogP contribution in [0.15, 0.2) is 0 Å². The molecule has 1 aliphatic rings. The van der Waals surface area contributed by atoms with Gasteiger partial charge in [-0.3, -0.25) is 0 Å². The van der Waals surface area contributed by atoms with E-state index in [0.29, 0.717) is 6.61 Å². The molecule has 0 aliphatic heterocycles. The Kier molecular flexibility index (Phi) is 3.91. The highest BCUT2D eigenvalue weighted by atomic mass is 16.5. The normalized spacial score (nSPS) is 18.8. The first-order chi connectivity index (χ1) is 5.83. The predicted molar refractivity (Wildman–Crippen MR) is 46.7 cm³/mol. The number of carbonyl (C=O) groups is 1. The molecule has 1 saturated carbocycles. The average Bonchev–Trinajstić information content (AvgIpc) is 2.06. The Morgan fingerprint density at radius 1 is 1.67 bits per heavy atom. The molecular formula is C9H16NO2. The van der Waals surface area contributed by atoms with Crippen molar-refractivity contribution in [2.45, 2.75) is 38.6 Å². The first kappa shape index (κ1) is 9.36. The summed E-state index contributed by atoms with van der Waals surface area (Å²) in [4.78, 5) is 11.0. The quantitative estimate of drug-likeness (QED) is 0.687. The number of alkyl carbamates (subject to hydrolysis) is 1. The van der Waals surface area contributed by atoms with Crippen LogP contribution in [0.2, 0.25) is 0 Å². The van der Waals surface area contributed by atoms with Gasteiger partial charge in [0.2, 0.25) is 0 Å². The summed E-state index contributed by atoms with van der Waals surface area (Å²) in [6, 6.07) is 0.234. The fourth-order valence-electron chi connectivity index (χ4n) is 1.40. The fraction of sp³-hybridized carbons (Fsp3) is 0.778. The highest BCUT2D eigenvalue weighted by Gasteiger charge is 2.15. The molecule has 1 N–H and O–H groups in total. The van der Waals surface area contributed by atoms with Gasteiger partial charge >= 0.3 is 6.09 Å². The molecule has 3 nitrogen and oxygen atoms in total. The number of amides is 1. The van der Waals surface area contributed by atoms with Crippen molar-refractivity contribution >= 4 is 6.09 Å². The van der Waals surface area contributed by atoms with Crippen LogP contribution in [0.25, 0.3) is 0 Å². The molecule has 3 heteroatoms. The average molecular weight is 170 g/mol. The zero-order valence-corrected chi connectivity index (χ0v) is 7.51. The summed E-state index contributed by atoms with van der Waals surface area (Å²) in [5.41, 5.74) is 0. The van der Waals surface area contributed by atoms with E-state index >= 15 is 0 Å². The van der Waals surface area contributed by atoms with Crippen LogP contribution in [0.5, 0.6) is 0 Å². The maximum absolute atomic E-state index is 11.0. The maximum atomic E-state index is 11.0. The lowest BCUT2D eigenvalue weighted by Gasteiger charge is -2.21. The third kappa shape index (κ3) is 3.11. The largest absolute Gasteiger partial charge is 0.450 e. The van der Waals surface area contributed by atoms with E-state index in [1.165, 1.54) is 12.8 Å². The second kappa shape index (κ2) is 5.01. The summed E-state index contributed by atoms with van der Waals surface area (Å²) >= 11 is 0. The minimum atomic E-state index is -0.291. The molecule has 0 saturated heterocycles. The van der Waals surface area contributed by atoms with E-state index in [2.05, 4.69) is 11.7 Å². The Labute approximate surface area is 73.5 Å². The number of rotatable bonds is 2. The number of hydrogen-bond donors (Lipinski definition) is 1. The second-order valence-corrected chi connectivity index (χ2v) is 2.99. The number of carbonyl (C=O) groups excluding carboxylic acids is 1. The highest BCUT2D eigenvalue weighted by Crippen LogP contribution is 2.16. The van der Waals surface area contributed by atoms with Gasteiger partial charge in [0, 0.05) is 6.04 Å². The summed E-state index contributed by atoms with van der Waals surface area (Å²) in [5.74, 6) is 0. The lowest BCUT2D eigenvalue weighted by molar-refractivity contribution is 0.148. The van der Waals surface area contributed by atoms with Crippen LogP contribution in [0, 0.1) is 6.42 Å². The summed E-state index contributed by atoms with van der Waals surface area (Å²) in [7, 11) is 0. The van der Waals surface area contributed by atoms with Crippen molar-refractivity contribution in [3.63, 3.8) is 0 Å². The molecule has 0 heterocycles. The van der Waals surface area contributed by atoms with E-state index in [9.17, 15) is 4.79 Å². The topological polar surface area (TPSA) is 38.3 Å². The van der Waals surface area contributed by atoms with Crippen LogP contribution in [0.3, 0.4) is 0 Å². The SMILES string of the molecule is CCOC(=O)NC1[CH]CCCC1. The fourth-order valence-corrected chi connectivity index (χ4v) is 1.40. The molecule has 1 radical (unpaired) electrons. The van der Waals surface area contributed by atoms with Gasteiger partial charge in [-0.25, -0.2) is 4.79 Å².